The molecule has 1 aliphatic heterocycles. The van der Waals surface area contributed by atoms with Gasteiger partial charge in [0.1, 0.15) is 6.61 Å². The Morgan fingerprint density at radius 1 is 1.45 bits per heavy atom. The van der Waals surface area contributed by atoms with E-state index >= 15 is 0 Å². The summed E-state index contributed by atoms with van der Waals surface area (Å²) < 4.78 is 10.9. The van der Waals surface area contributed by atoms with Gasteiger partial charge in [-0.15, -0.1) is 0 Å². The van der Waals surface area contributed by atoms with E-state index in [-0.39, 0.29) is 19.3 Å². The number of morpholine rings is 1. The fourth-order valence-corrected chi connectivity index (χ4v) is 2.16. The number of ether oxygens (including phenoxy) is 2. The number of carbonyl (C=O) groups excluding carboxylic acids is 1. The van der Waals surface area contributed by atoms with Crippen molar-refractivity contribution in [3.63, 3.8) is 0 Å². The van der Waals surface area contributed by atoms with Crippen LogP contribution in [-0.4, -0.2) is 47.5 Å². The molecule has 0 aliphatic carbocycles. The number of carbonyl (C=O) groups is 1. The molecule has 1 saturated heterocycles. The molecule has 1 atom stereocenters. The van der Waals surface area contributed by atoms with E-state index in [9.17, 15) is 9.90 Å². The molecule has 0 saturated carbocycles. The highest BCUT2D eigenvalue weighted by Crippen LogP contribution is 2.21. The maximum atomic E-state index is 12.2. The van der Waals surface area contributed by atoms with Gasteiger partial charge in [0, 0.05) is 0 Å². The van der Waals surface area contributed by atoms with Crippen LogP contribution in [0.1, 0.15) is 19.4 Å². The van der Waals surface area contributed by atoms with Crippen LogP contribution in [0, 0.1) is 0 Å². The Labute approximate surface area is 119 Å². The van der Waals surface area contributed by atoms with Gasteiger partial charge in [-0.3, -0.25) is 4.90 Å². The number of aliphatic hydroxyl groups is 1. The first kappa shape index (κ1) is 14.8. The van der Waals surface area contributed by atoms with Gasteiger partial charge in [-0.25, -0.2) is 4.79 Å². The Balaban J connectivity index is 1.95. The Bertz CT molecular complexity index is 446. The van der Waals surface area contributed by atoms with Crippen molar-refractivity contribution >= 4 is 6.09 Å². The summed E-state index contributed by atoms with van der Waals surface area (Å²) in [5.74, 6) is 0. The van der Waals surface area contributed by atoms with E-state index in [4.69, 9.17) is 9.47 Å². The molecule has 0 spiro atoms. The van der Waals surface area contributed by atoms with Crippen molar-refractivity contribution in [1.29, 1.82) is 0 Å². The maximum Gasteiger partial charge on any atom is 0.410 e. The first-order chi connectivity index (χ1) is 9.52. The van der Waals surface area contributed by atoms with Crippen LogP contribution >= 0.6 is 0 Å². The molecule has 1 fully saturated rings. The van der Waals surface area contributed by atoms with Crippen LogP contribution in [0.5, 0.6) is 0 Å². The molecule has 0 unspecified atom stereocenters. The summed E-state index contributed by atoms with van der Waals surface area (Å²) in [4.78, 5) is 13.7. The van der Waals surface area contributed by atoms with Crippen LogP contribution in [0.3, 0.4) is 0 Å². The summed E-state index contributed by atoms with van der Waals surface area (Å²) in [6.45, 7) is 4.66. The van der Waals surface area contributed by atoms with Gasteiger partial charge in [0.05, 0.1) is 31.4 Å². The fourth-order valence-electron chi connectivity index (χ4n) is 2.16. The topological polar surface area (TPSA) is 59.0 Å². The average Bonchev–Trinajstić information content (AvgIpc) is 2.45. The Kier molecular flexibility index (Phi) is 4.62. The zero-order valence-electron chi connectivity index (χ0n) is 11.9. The summed E-state index contributed by atoms with van der Waals surface area (Å²) >= 11 is 0. The van der Waals surface area contributed by atoms with Crippen molar-refractivity contribution in [2.24, 2.45) is 0 Å². The van der Waals surface area contributed by atoms with Gasteiger partial charge in [0.25, 0.3) is 0 Å². The first-order valence-electron chi connectivity index (χ1n) is 6.74. The zero-order chi connectivity index (χ0) is 14.6. The van der Waals surface area contributed by atoms with E-state index in [2.05, 4.69) is 0 Å². The Morgan fingerprint density at radius 3 is 2.80 bits per heavy atom. The average molecular weight is 279 g/mol. The Morgan fingerprint density at radius 2 is 2.15 bits per heavy atom. The smallest absolute Gasteiger partial charge is 0.410 e. The van der Waals surface area contributed by atoms with Gasteiger partial charge < -0.3 is 14.6 Å². The summed E-state index contributed by atoms with van der Waals surface area (Å²) in [7, 11) is 0. The maximum absolute atomic E-state index is 12.2. The molecule has 2 rings (SSSR count). The largest absolute Gasteiger partial charge is 0.445 e. The van der Waals surface area contributed by atoms with E-state index in [1.807, 2.05) is 44.2 Å². The van der Waals surface area contributed by atoms with Gasteiger partial charge in [-0.1, -0.05) is 30.3 Å². The molecule has 1 amide bonds. The number of rotatable bonds is 3. The van der Waals surface area contributed by atoms with Crippen molar-refractivity contribution in [2.75, 3.05) is 19.8 Å². The summed E-state index contributed by atoms with van der Waals surface area (Å²) in [6.07, 6.45) is -0.413. The second-order valence-corrected chi connectivity index (χ2v) is 5.58. The number of nitrogens with zero attached hydrogens (tertiary/aromatic N) is 1. The van der Waals surface area contributed by atoms with E-state index in [1.165, 1.54) is 0 Å². The van der Waals surface area contributed by atoms with Crippen molar-refractivity contribution < 1.29 is 19.4 Å². The lowest BCUT2D eigenvalue weighted by Gasteiger charge is -2.42. The molecule has 0 radical (unpaired) electrons. The van der Waals surface area contributed by atoms with Crippen LogP contribution < -0.4 is 0 Å². The number of hydrogen-bond acceptors (Lipinski definition) is 4. The third kappa shape index (κ3) is 3.71. The molecule has 110 valence electrons. The highest BCUT2D eigenvalue weighted by atomic mass is 16.6. The van der Waals surface area contributed by atoms with E-state index in [1.54, 1.807) is 4.90 Å². The number of amides is 1. The van der Waals surface area contributed by atoms with Crippen molar-refractivity contribution in [3.8, 4) is 0 Å². The first-order valence-corrected chi connectivity index (χ1v) is 6.74. The highest BCUT2D eigenvalue weighted by molar-refractivity contribution is 5.68. The van der Waals surface area contributed by atoms with E-state index in [0.29, 0.717) is 13.2 Å². The van der Waals surface area contributed by atoms with Crippen LogP contribution in [0.2, 0.25) is 0 Å². The monoisotopic (exact) mass is 279 g/mol. The lowest BCUT2D eigenvalue weighted by atomic mass is 10.1. The zero-order valence-corrected chi connectivity index (χ0v) is 11.9. The van der Waals surface area contributed by atoms with Gasteiger partial charge in [0.2, 0.25) is 0 Å². The molecule has 20 heavy (non-hydrogen) atoms. The van der Waals surface area contributed by atoms with E-state index < -0.39 is 11.7 Å². The van der Waals surface area contributed by atoms with Crippen molar-refractivity contribution in [1.82, 2.24) is 4.90 Å². The standard InChI is InChI=1S/C15H21NO4/c1-15(2)11-16(13(8-17)10-20-15)14(18)19-9-12-6-4-3-5-7-12/h3-7,13,17H,8-11H2,1-2H3/t13-/m1/s1. The summed E-state index contributed by atoms with van der Waals surface area (Å²) in [5, 5.41) is 9.34. The second-order valence-electron chi connectivity index (χ2n) is 5.58. The lowest BCUT2D eigenvalue weighted by Crippen LogP contribution is -2.57. The minimum absolute atomic E-state index is 0.128. The molecular formula is C15H21NO4. The second kappa shape index (κ2) is 6.24. The predicted octanol–water partition coefficient (Wildman–Crippen LogP) is 1.79. The molecule has 5 nitrogen and oxygen atoms in total. The summed E-state index contributed by atoms with van der Waals surface area (Å²) in [5.41, 5.74) is 0.520. The lowest BCUT2D eigenvalue weighted by molar-refractivity contribution is -0.116. The van der Waals surface area contributed by atoms with Crippen molar-refractivity contribution in [2.45, 2.75) is 32.1 Å². The fraction of sp³-hybridized carbons (Fsp3) is 0.533. The normalized spacial score (nSPS) is 21.6. The van der Waals surface area contributed by atoms with Gasteiger partial charge in [-0.05, 0) is 19.4 Å². The van der Waals surface area contributed by atoms with Crippen LogP contribution in [0.4, 0.5) is 4.79 Å². The molecule has 5 heteroatoms. The van der Waals surface area contributed by atoms with Crippen molar-refractivity contribution in [3.05, 3.63) is 35.9 Å². The van der Waals surface area contributed by atoms with Gasteiger partial charge in [0.15, 0.2) is 0 Å². The highest BCUT2D eigenvalue weighted by Gasteiger charge is 2.37. The minimum Gasteiger partial charge on any atom is -0.445 e. The third-order valence-electron chi connectivity index (χ3n) is 3.31. The summed E-state index contributed by atoms with van der Waals surface area (Å²) in [6, 6.07) is 9.18. The van der Waals surface area contributed by atoms with E-state index in [0.717, 1.165) is 5.56 Å². The molecule has 1 N–H and O–H groups in total. The molecule has 0 bridgehead atoms. The minimum atomic E-state index is -0.419. The van der Waals surface area contributed by atoms with Gasteiger partial charge in [-0.2, -0.15) is 0 Å². The number of aliphatic hydroxyl groups excluding tert-OH is 1. The predicted molar refractivity (Wildman–Crippen MR) is 74.2 cm³/mol. The number of hydrogen-bond donors (Lipinski definition) is 1. The molecule has 1 aromatic rings. The molecule has 0 aromatic heterocycles. The van der Waals surface area contributed by atoms with Crippen LogP contribution in [-0.2, 0) is 16.1 Å². The van der Waals surface area contributed by atoms with Gasteiger partial charge >= 0.3 is 6.09 Å². The SMILES string of the molecule is CC1(C)CN(C(=O)OCc2ccccc2)[C@H](CO)CO1. The van der Waals surface area contributed by atoms with Crippen LogP contribution in [0.15, 0.2) is 30.3 Å². The third-order valence-corrected chi connectivity index (χ3v) is 3.31. The Hall–Kier alpha value is -1.59. The molecule has 1 aliphatic rings. The molecular weight excluding hydrogens is 258 g/mol. The van der Waals surface area contributed by atoms with Crippen LogP contribution in [0.25, 0.3) is 0 Å². The number of benzene rings is 1. The quantitative estimate of drug-likeness (QED) is 0.916. The molecule has 1 heterocycles. The molecule has 1 aromatic carbocycles.